The molecule has 1 aliphatic rings. The van der Waals surface area contributed by atoms with Crippen molar-refractivity contribution < 1.29 is 4.39 Å². The number of hydrogen-bond acceptors (Lipinski definition) is 4. The van der Waals surface area contributed by atoms with Gasteiger partial charge in [-0.2, -0.15) is 0 Å². The van der Waals surface area contributed by atoms with E-state index in [1.54, 1.807) is 12.5 Å². The number of pyridine rings is 1. The van der Waals surface area contributed by atoms with Crippen LogP contribution in [0.3, 0.4) is 0 Å². The maximum atomic E-state index is 13.5. The minimum absolute atomic E-state index is 0.336. The third-order valence-corrected chi connectivity index (χ3v) is 4.62. The van der Waals surface area contributed by atoms with E-state index in [0.717, 1.165) is 27.8 Å². The number of fused-ring (bicyclic) bond motifs is 1. The molecule has 0 saturated heterocycles. The average molecular weight is 322 g/mol. The molecule has 3 aromatic rings. The van der Waals surface area contributed by atoms with Crippen molar-refractivity contribution in [3.05, 3.63) is 48.8 Å². The molecule has 2 heterocycles. The van der Waals surface area contributed by atoms with Gasteiger partial charge in [0.25, 0.3) is 0 Å². The number of anilines is 1. The molecule has 1 aromatic carbocycles. The van der Waals surface area contributed by atoms with Crippen LogP contribution in [-0.2, 0) is 0 Å². The van der Waals surface area contributed by atoms with E-state index in [1.807, 2.05) is 18.2 Å². The van der Waals surface area contributed by atoms with Gasteiger partial charge in [-0.05, 0) is 36.6 Å². The van der Waals surface area contributed by atoms with E-state index in [9.17, 15) is 4.39 Å². The molecule has 122 valence electrons. The second kappa shape index (κ2) is 6.51. The molecule has 1 fully saturated rings. The molecule has 4 nitrogen and oxygen atoms in total. The molecule has 4 rings (SSSR count). The molecule has 0 spiro atoms. The minimum Gasteiger partial charge on any atom is -0.367 e. The highest BCUT2D eigenvalue weighted by Gasteiger charge is 2.15. The van der Waals surface area contributed by atoms with Crippen molar-refractivity contribution >= 4 is 16.7 Å². The van der Waals surface area contributed by atoms with Gasteiger partial charge in [-0.25, -0.2) is 14.4 Å². The summed E-state index contributed by atoms with van der Waals surface area (Å²) in [5.41, 5.74) is 2.55. The van der Waals surface area contributed by atoms with Crippen LogP contribution in [0.1, 0.15) is 32.1 Å². The quantitative estimate of drug-likeness (QED) is 0.767. The van der Waals surface area contributed by atoms with Crippen LogP contribution in [0.15, 0.2) is 43.0 Å². The van der Waals surface area contributed by atoms with E-state index in [1.165, 1.54) is 44.4 Å². The SMILES string of the molecule is Fc1cncc(-c2ccc3ncnc(NC4CCCCC4)c3c2)c1. The lowest BCUT2D eigenvalue weighted by Crippen LogP contribution is -2.23. The number of halogens is 1. The Balaban J connectivity index is 1.73. The van der Waals surface area contributed by atoms with E-state index in [2.05, 4.69) is 20.3 Å². The van der Waals surface area contributed by atoms with Gasteiger partial charge in [0.05, 0.1) is 11.7 Å². The van der Waals surface area contributed by atoms with Gasteiger partial charge in [0.15, 0.2) is 0 Å². The molecule has 5 heteroatoms. The zero-order chi connectivity index (χ0) is 16.4. The number of hydrogen-bond donors (Lipinski definition) is 1. The van der Waals surface area contributed by atoms with Crippen molar-refractivity contribution in [3.8, 4) is 11.1 Å². The second-order valence-electron chi connectivity index (χ2n) is 6.33. The van der Waals surface area contributed by atoms with Crippen molar-refractivity contribution in [2.75, 3.05) is 5.32 Å². The van der Waals surface area contributed by atoms with E-state index >= 15 is 0 Å². The largest absolute Gasteiger partial charge is 0.367 e. The Hall–Kier alpha value is -2.56. The molecule has 1 saturated carbocycles. The fraction of sp³-hybridized carbons (Fsp3) is 0.316. The lowest BCUT2D eigenvalue weighted by Gasteiger charge is -2.23. The Labute approximate surface area is 140 Å². The standard InChI is InChI=1S/C19H19FN4/c20-15-8-14(10-21-11-15)13-6-7-18-17(9-13)19(23-12-22-18)24-16-4-2-1-3-5-16/h6-12,16H,1-5H2,(H,22,23,24). The number of benzene rings is 1. The van der Waals surface area contributed by atoms with Crippen LogP contribution < -0.4 is 5.32 Å². The molecule has 2 aromatic heterocycles. The number of nitrogens with zero attached hydrogens (tertiary/aromatic N) is 3. The Morgan fingerprint density at radius 2 is 1.83 bits per heavy atom. The zero-order valence-electron chi connectivity index (χ0n) is 13.4. The summed E-state index contributed by atoms with van der Waals surface area (Å²) < 4.78 is 13.5. The summed E-state index contributed by atoms with van der Waals surface area (Å²) in [5.74, 6) is 0.524. The van der Waals surface area contributed by atoms with E-state index < -0.39 is 0 Å². The van der Waals surface area contributed by atoms with Gasteiger partial charge >= 0.3 is 0 Å². The van der Waals surface area contributed by atoms with E-state index in [-0.39, 0.29) is 5.82 Å². The number of aromatic nitrogens is 3. The van der Waals surface area contributed by atoms with Crippen LogP contribution in [0.5, 0.6) is 0 Å². The maximum absolute atomic E-state index is 13.5. The van der Waals surface area contributed by atoms with Gasteiger partial charge in [0.1, 0.15) is 18.0 Å². The zero-order valence-corrected chi connectivity index (χ0v) is 13.4. The summed E-state index contributed by atoms with van der Waals surface area (Å²) in [6, 6.07) is 7.86. The van der Waals surface area contributed by atoms with Crippen molar-refractivity contribution in [2.45, 2.75) is 38.1 Å². The summed E-state index contributed by atoms with van der Waals surface area (Å²) >= 11 is 0. The van der Waals surface area contributed by atoms with Crippen molar-refractivity contribution in [3.63, 3.8) is 0 Å². The van der Waals surface area contributed by atoms with E-state index in [4.69, 9.17) is 0 Å². The molecule has 0 unspecified atom stereocenters. The van der Waals surface area contributed by atoms with E-state index in [0.29, 0.717) is 6.04 Å². The summed E-state index contributed by atoms with van der Waals surface area (Å²) in [4.78, 5) is 12.7. The lowest BCUT2D eigenvalue weighted by atomic mass is 9.95. The fourth-order valence-corrected chi connectivity index (χ4v) is 3.36. The highest BCUT2D eigenvalue weighted by molar-refractivity contribution is 5.92. The topological polar surface area (TPSA) is 50.7 Å². The smallest absolute Gasteiger partial charge is 0.142 e. The van der Waals surface area contributed by atoms with Crippen LogP contribution in [0.4, 0.5) is 10.2 Å². The highest BCUT2D eigenvalue weighted by Crippen LogP contribution is 2.29. The Morgan fingerprint density at radius 1 is 0.958 bits per heavy atom. The molecular weight excluding hydrogens is 303 g/mol. The normalized spacial score (nSPS) is 15.5. The molecule has 0 bridgehead atoms. The predicted molar refractivity (Wildman–Crippen MR) is 93.2 cm³/mol. The van der Waals surface area contributed by atoms with Crippen molar-refractivity contribution in [1.82, 2.24) is 15.0 Å². The van der Waals surface area contributed by atoms with Gasteiger partial charge in [0.2, 0.25) is 0 Å². The minimum atomic E-state index is -0.336. The molecule has 0 amide bonds. The first-order chi connectivity index (χ1) is 11.8. The molecule has 1 N–H and O–H groups in total. The van der Waals surface area contributed by atoms with Crippen LogP contribution in [0.2, 0.25) is 0 Å². The summed E-state index contributed by atoms with van der Waals surface area (Å²) in [7, 11) is 0. The Bertz CT molecular complexity index is 859. The van der Waals surface area contributed by atoms with Crippen LogP contribution >= 0.6 is 0 Å². The van der Waals surface area contributed by atoms with Crippen LogP contribution in [-0.4, -0.2) is 21.0 Å². The van der Waals surface area contributed by atoms with Crippen LogP contribution in [0.25, 0.3) is 22.0 Å². The Morgan fingerprint density at radius 3 is 2.67 bits per heavy atom. The molecule has 0 radical (unpaired) electrons. The number of rotatable bonds is 3. The van der Waals surface area contributed by atoms with Crippen LogP contribution in [0, 0.1) is 5.82 Å². The lowest BCUT2D eigenvalue weighted by molar-refractivity contribution is 0.462. The van der Waals surface area contributed by atoms with Crippen molar-refractivity contribution in [2.24, 2.45) is 0 Å². The third-order valence-electron chi connectivity index (χ3n) is 4.62. The molecular formula is C19H19FN4. The highest BCUT2D eigenvalue weighted by atomic mass is 19.1. The van der Waals surface area contributed by atoms with Crippen molar-refractivity contribution in [1.29, 1.82) is 0 Å². The first-order valence-corrected chi connectivity index (χ1v) is 8.42. The predicted octanol–water partition coefficient (Wildman–Crippen LogP) is 4.58. The number of nitrogens with one attached hydrogen (secondary N) is 1. The second-order valence-corrected chi connectivity index (χ2v) is 6.33. The first-order valence-electron chi connectivity index (χ1n) is 8.42. The van der Waals surface area contributed by atoms with Gasteiger partial charge in [-0.3, -0.25) is 4.98 Å². The third kappa shape index (κ3) is 3.07. The van der Waals surface area contributed by atoms with Gasteiger partial charge in [0, 0.05) is 23.2 Å². The summed E-state index contributed by atoms with van der Waals surface area (Å²) in [6.45, 7) is 0. The summed E-state index contributed by atoms with van der Waals surface area (Å²) in [6.07, 6.45) is 10.7. The molecule has 1 aliphatic carbocycles. The van der Waals surface area contributed by atoms with Gasteiger partial charge < -0.3 is 5.32 Å². The first kappa shape index (κ1) is 15.0. The summed E-state index contributed by atoms with van der Waals surface area (Å²) in [5, 5.41) is 4.54. The monoisotopic (exact) mass is 322 g/mol. The maximum Gasteiger partial charge on any atom is 0.142 e. The average Bonchev–Trinajstić information content (AvgIpc) is 2.63. The fourth-order valence-electron chi connectivity index (χ4n) is 3.36. The molecule has 0 atom stereocenters. The van der Waals surface area contributed by atoms with Gasteiger partial charge in [-0.1, -0.05) is 25.3 Å². The molecule has 24 heavy (non-hydrogen) atoms. The Kier molecular flexibility index (Phi) is 4.07. The van der Waals surface area contributed by atoms with Gasteiger partial charge in [-0.15, -0.1) is 0 Å². The molecule has 0 aliphatic heterocycles.